The maximum atomic E-state index is 12.1. The highest BCUT2D eigenvalue weighted by Crippen LogP contribution is 2.18. The van der Waals surface area contributed by atoms with Gasteiger partial charge in [-0.05, 0) is 51.1 Å². The summed E-state index contributed by atoms with van der Waals surface area (Å²) in [5.41, 5.74) is 0. The Balaban J connectivity index is 0.00000312. The van der Waals surface area contributed by atoms with Gasteiger partial charge in [0.05, 0.1) is 6.42 Å². The summed E-state index contributed by atoms with van der Waals surface area (Å²) in [6.45, 7) is 3.24. The number of hydrogen-bond donors (Lipinski definition) is 3. The molecule has 2 rings (SSSR count). The van der Waals surface area contributed by atoms with Crippen LogP contribution in [0.1, 0.15) is 51.4 Å². The van der Waals surface area contributed by atoms with Crippen molar-refractivity contribution in [2.75, 3.05) is 26.2 Å². The van der Waals surface area contributed by atoms with Crippen LogP contribution in [0.3, 0.4) is 0 Å². The average molecular weight is 376 g/mol. The molecule has 3 N–H and O–H groups in total. The van der Waals surface area contributed by atoms with Gasteiger partial charge in [-0.1, -0.05) is 0 Å². The normalized spacial score (nSPS) is 21.3. The Labute approximate surface area is 155 Å². The van der Waals surface area contributed by atoms with Gasteiger partial charge in [-0.15, -0.1) is 12.4 Å². The third kappa shape index (κ3) is 8.05. The summed E-state index contributed by atoms with van der Waals surface area (Å²) in [6.07, 6.45) is 5.38. The predicted molar refractivity (Wildman–Crippen MR) is 96.7 cm³/mol. The van der Waals surface area contributed by atoms with E-state index in [-0.39, 0.29) is 43.1 Å². The molecule has 0 aliphatic carbocycles. The molecule has 144 valence electrons. The monoisotopic (exact) mass is 375 g/mol. The van der Waals surface area contributed by atoms with Crippen molar-refractivity contribution in [3.63, 3.8) is 0 Å². The number of amides is 2. The van der Waals surface area contributed by atoms with Gasteiger partial charge in [0.15, 0.2) is 0 Å². The number of carbonyl (C=O) groups excluding carboxylic acids is 2. The highest BCUT2D eigenvalue weighted by molar-refractivity contribution is 5.85. The van der Waals surface area contributed by atoms with Gasteiger partial charge < -0.3 is 20.6 Å². The molecular formula is C17H30ClN3O4. The second-order valence-electron chi connectivity index (χ2n) is 6.87. The lowest BCUT2D eigenvalue weighted by Gasteiger charge is -2.33. The first-order valence-corrected chi connectivity index (χ1v) is 9.04. The van der Waals surface area contributed by atoms with Gasteiger partial charge in [-0.3, -0.25) is 14.4 Å². The van der Waals surface area contributed by atoms with Gasteiger partial charge in [0.2, 0.25) is 11.8 Å². The van der Waals surface area contributed by atoms with E-state index < -0.39 is 5.97 Å². The Kier molecular flexibility index (Phi) is 9.82. The Morgan fingerprint density at radius 1 is 1.08 bits per heavy atom. The molecule has 2 aliphatic rings. The first-order chi connectivity index (χ1) is 11.5. The molecule has 1 atom stereocenters. The van der Waals surface area contributed by atoms with Crippen LogP contribution >= 0.6 is 12.4 Å². The van der Waals surface area contributed by atoms with Crippen molar-refractivity contribution in [2.45, 2.75) is 57.4 Å². The van der Waals surface area contributed by atoms with Gasteiger partial charge in [0.1, 0.15) is 0 Å². The molecule has 0 aromatic rings. The highest BCUT2D eigenvalue weighted by Gasteiger charge is 2.25. The van der Waals surface area contributed by atoms with Crippen molar-refractivity contribution < 1.29 is 19.5 Å². The van der Waals surface area contributed by atoms with Crippen LogP contribution in [0.5, 0.6) is 0 Å². The molecule has 0 saturated carbocycles. The summed E-state index contributed by atoms with van der Waals surface area (Å²) in [7, 11) is 0. The van der Waals surface area contributed by atoms with E-state index in [1.165, 1.54) is 0 Å². The van der Waals surface area contributed by atoms with Crippen LogP contribution in [0.15, 0.2) is 0 Å². The van der Waals surface area contributed by atoms with Crippen molar-refractivity contribution in [3.8, 4) is 0 Å². The fourth-order valence-corrected chi connectivity index (χ4v) is 3.50. The number of carboxylic acids is 1. The van der Waals surface area contributed by atoms with E-state index in [2.05, 4.69) is 10.6 Å². The van der Waals surface area contributed by atoms with E-state index in [4.69, 9.17) is 5.11 Å². The molecule has 2 fully saturated rings. The number of halogens is 1. The Morgan fingerprint density at radius 2 is 1.80 bits per heavy atom. The van der Waals surface area contributed by atoms with Gasteiger partial charge >= 0.3 is 5.97 Å². The van der Waals surface area contributed by atoms with Crippen molar-refractivity contribution in [3.05, 3.63) is 0 Å². The minimum absolute atomic E-state index is 0. The number of carboxylic acid groups (broad SMARTS) is 1. The van der Waals surface area contributed by atoms with Crippen LogP contribution in [-0.4, -0.2) is 60.0 Å². The van der Waals surface area contributed by atoms with Gasteiger partial charge in [-0.2, -0.15) is 0 Å². The molecule has 2 heterocycles. The number of rotatable bonds is 7. The second kappa shape index (κ2) is 11.3. The van der Waals surface area contributed by atoms with E-state index >= 15 is 0 Å². The van der Waals surface area contributed by atoms with E-state index in [1.807, 2.05) is 0 Å². The highest BCUT2D eigenvalue weighted by atomic mass is 35.5. The second-order valence-corrected chi connectivity index (χ2v) is 6.87. The van der Waals surface area contributed by atoms with Crippen molar-refractivity contribution in [1.29, 1.82) is 0 Å². The van der Waals surface area contributed by atoms with E-state index in [9.17, 15) is 14.4 Å². The SMILES string of the molecule is Cl.O=C(O)CCC(=O)N1CCCC(NC(=O)CCC2CCNCC2)C1. The maximum absolute atomic E-state index is 12.1. The van der Waals surface area contributed by atoms with E-state index in [1.54, 1.807) is 4.90 Å². The minimum atomic E-state index is -0.955. The predicted octanol–water partition coefficient (Wildman–Crippen LogP) is 1.16. The van der Waals surface area contributed by atoms with Crippen LogP contribution in [0.2, 0.25) is 0 Å². The standard InChI is InChI=1S/C17H29N3O4.ClH/c21-15(4-3-13-7-9-18-10-8-13)19-14-2-1-11-20(12-14)16(22)5-6-17(23)24;/h13-14,18H,1-12H2,(H,19,21)(H,23,24);1H. The summed E-state index contributed by atoms with van der Waals surface area (Å²) in [5, 5.41) is 15.0. The summed E-state index contributed by atoms with van der Waals surface area (Å²) < 4.78 is 0. The molecule has 25 heavy (non-hydrogen) atoms. The van der Waals surface area contributed by atoms with Crippen molar-refractivity contribution >= 4 is 30.2 Å². The molecule has 2 saturated heterocycles. The topological polar surface area (TPSA) is 98.7 Å². The van der Waals surface area contributed by atoms with Gasteiger partial charge in [-0.25, -0.2) is 0 Å². The summed E-state index contributed by atoms with van der Waals surface area (Å²) in [5.74, 6) is -0.384. The molecule has 0 aromatic heterocycles. The summed E-state index contributed by atoms with van der Waals surface area (Å²) in [4.78, 5) is 36.4. The average Bonchev–Trinajstić information content (AvgIpc) is 2.59. The van der Waals surface area contributed by atoms with Crippen molar-refractivity contribution in [1.82, 2.24) is 15.5 Å². The molecule has 0 aromatic carbocycles. The van der Waals surface area contributed by atoms with Gasteiger partial charge in [0, 0.05) is 32.0 Å². The van der Waals surface area contributed by atoms with Crippen LogP contribution in [0.4, 0.5) is 0 Å². The molecule has 2 aliphatic heterocycles. The first-order valence-electron chi connectivity index (χ1n) is 9.04. The van der Waals surface area contributed by atoms with Crippen molar-refractivity contribution in [2.24, 2.45) is 5.92 Å². The smallest absolute Gasteiger partial charge is 0.303 e. The molecule has 1 unspecified atom stereocenters. The first kappa shape index (κ1) is 21.7. The van der Waals surface area contributed by atoms with Crippen LogP contribution in [0, 0.1) is 5.92 Å². The maximum Gasteiger partial charge on any atom is 0.303 e. The van der Waals surface area contributed by atoms with Crippen LogP contribution in [0.25, 0.3) is 0 Å². The number of likely N-dealkylation sites (tertiary alicyclic amines) is 1. The molecule has 0 spiro atoms. The number of nitrogens with zero attached hydrogens (tertiary/aromatic N) is 1. The number of carbonyl (C=O) groups is 3. The van der Waals surface area contributed by atoms with Crippen LogP contribution < -0.4 is 10.6 Å². The quantitative estimate of drug-likeness (QED) is 0.620. The number of nitrogens with one attached hydrogen (secondary N) is 2. The molecule has 0 bridgehead atoms. The Hall–Kier alpha value is -1.34. The molecule has 7 nitrogen and oxygen atoms in total. The van der Waals surface area contributed by atoms with E-state index in [0.717, 1.165) is 45.2 Å². The largest absolute Gasteiger partial charge is 0.481 e. The lowest BCUT2D eigenvalue weighted by molar-refractivity contribution is -0.141. The molecule has 8 heteroatoms. The number of piperidine rings is 2. The molecular weight excluding hydrogens is 346 g/mol. The number of aliphatic carboxylic acids is 1. The fourth-order valence-electron chi connectivity index (χ4n) is 3.50. The third-order valence-electron chi connectivity index (χ3n) is 4.93. The molecule has 0 radical (unpaired) electrons. The summed E-state index contributed by atoms with van der Waals surface area (Å²) >= 11 is 0. The molecule has 2 amide bonds. The minimum Gasteiger partial charge on any atom is -0.481 e. The number of hydrogen-bond acceptors (Lipinski definition) is 4. The lowest BCUT2D eigenvalue weighted by Crippen LogP contribution is -2.49. The zero-order valence-corrected chi connectivity index (χ0v) is 15.5. The zero-order chi connectivity index (χ0) is 17.4. The zero-order valence-electron chi connectivity index (χ0n) is 14.7. The summed E-state index contributed by atoms with van der Waals surface area (Å²) in [6, 6.07) is -0.00643. The Bertz CT molecular complexity index is 455. The Morgan fingerprint density at radius 3 is 2.48 bits per heavy atom. The fraction of sp³-hybridized carbons (Fsp3) is 0.824. The van der Waals surface area contributed by atoms with Gasteiger partial charge in [0.25, 0.3) is 0 Å². The van der Waals surface area contributed by atoms with Crippen LogP contribution in [-0.2, 0) is 14.4 Å². The van der Waals surface area contributed by atoms with E-state index in [0.29, 0.717) is 25.4 Å². The third-order valence-corrected chi connectivity index (χ3v) is 4.93. The lowest BCUT2D eigenvalue weighted by atomic mass is 9.93.